The van der Waals surface area contributed by atoms with Gasteiger partial charge in [0.2, 0.25) is 0 Å². The Labute approximate surface area is 156 Å². The lowest BCUT2D eigenvalue weighted by Gasteiger charge is -2.08. The smallest absolute Gasteiger partial charge is 0.337 e. The first kappa shape index (κ1) is 17.9. The second-order valence-corrected chi connectivity index (χ2v) is 6.80. The van der Waals surface area contributed by atoms with Crippen molar-refractivity contribution in [2.24, 2.45) is 4.99 Å². The maximum atomic E-state index is 12.5. The van der Waals surface area contributed by atoms with Gasteiger partial charge in [0.1, 0.15) is 0 Å². The number of carbonyl (C=O) groups is 2. The number of aryl methyl sites for hydroxylation is 1. The molecule has 1 fully saturated rings. The largest absolute Gasteiger partial charge is 0.478 e. The van der Waals surface area contributed by atoms with E-state index in [0.717, 1.165) is 12.0 Å². The van der Waals surface area contributed by atoms with Gasteiger partial charge in [-0.15, -0.1) is 0 Å². The molecule has 0 aromatic heterocycles. The molecule has 0 unspecified atom stereocenters. The average Bonchev–Trinajstić information content (AvgIpc) is 2.90. The van der Waals surface area contributed by atoms with Crippen LogP contribution in [0.25, 0.3) is 6.08 Å². The van der Waals surface area contributed by atoms with Crippen LogP contribution in [0.3, 0.4) is 0 Å². The van der Waals surface area contributed by atoms with Crippen LogP contribution in [0.4, 0.5) is 5.69 Å². The second-order valence-electron chi connectivity index (χ2n) is 5.79. The van der Waals surface area contributed by atoms with Crippen molar-refractivity contribution >= 4 is 40.6 Å². The summed E-state index contributed by atoms with van der Waals surface area (Å²) in [5.74, 6) is -1.20. The number of rotatable bonds is 4. The minimum Gasteiger partial charge on any atom is -0.478 e. The molecule has 1 N–H and O–H groups in total. The van der Waals surface area contributed by atoms with E-state index >= 15 is 0 Å². The minimum absolute atomic E-state index is 0.106. The summed E-state index contributed by atoms with van der Waals surface area (Å²) in [7, 11) is 1.64. The van der Waals surface area contributed by atoms with E-state index in [9.17, 15) is 14.7 Å². The van der Waals surface area contributed by atoms with E-state index in [4.69, 9.17) is 0 Å². The predicted octanol–water partition coefficient (Wildman–Crippen LogP) is 4.18. The Kier molecular flexibility index (Phi) is 5.23. The lowest BCUT2D eigenvalue weighted by Crippen LogP contribution is -2.23. The van der Waals surface area contributed by atoms with Crippen LogP contribution in [0, 0.1) is 0 Å². The van der Waals surface area contributed by atoms with Gasteiger partial charge in [0, 0.05) is 7.05 Å². The number of carboxylic acid groups (broad SMARTS) is 1. The molecule has 2 aromatic carbocycles. The number of amidine groups is 1. The van der Waals surface area contributed by atoms with Crippen LogP contribution in [0.1, 0.15) is 28.4 Å². The third kappa shape index (κ3) is 3.70. The van der Waals surface area contributed by atoms with Gasteiger partial charge in [-0.25, -0.2) is 9.79 Å². The molecule has 26 heavy (non-hydrogen) atoms. The van der Waals surface area contributed by atoms with Crippen LogP contribution >= 0.6 is 11.8 Å². The molecular formula is C20H18N2O3S. The maximum absolute atomic E-state index is 12.5. The van der Waals surface area contributed by atoms with Crippen molar-refractivity contribution in [2.75, 3.05) is 7.05 Å². The quantitative estimate of drug-likeness (QED) is 0.824. The van der Waals surface area contributed by atoms with Gasteiger partial charge in [-0.1, -0.05) is 43.3 Å². The molecule has 2 aromatic rings. The zero-order valence-corrected chi connectivity index (χ0v) is 15.3. The van der Waals surface area contributed by atoms with Gasteiger partial charge in [-0.3, -0.25) is 9.69 Å². The molecule has 1 amide bonds. The van der Waals surface area contributed by atoms with Gasteiger partial charge in [0.15, 0.2) is 5.17 Å². The molecule has 0 aliphatic carbocycles. The summed E-state index contributed by atoms with van der Waals surface area (Å²) in [6.45, 7) is 2.09. The molecule has 0 spiro atoms. The lowest BCUT2D eigenvalue weighted by molar-refractivity contribution is -0.121. The van der Waals surface area contributed by atoms with Crippen LogP contribution < -0.4 is 0 Å². The Balaban J connectivity index is 1.91. The number of para-hydroxylation sites is 1. The summed E-state index contributed by atoms with van der Waals surface area (Å²) < 4.78 is 0. The van der Waals surface area contributed by atoms with E-state index in [2.05, 4.69) is 11.9 Å². The Bertz CT molecular complexity index is 917. The first-order chi connectivity index (χ1) is 12.5. The standard InChI is InChI=1S/C20H18N2O3S/c1-3-13-8-10-14(11-9-13)12-17-18(23)22(2)20(26-17)21-16-7-5-4-6-15(16)19(24)25/h4-12H,3H2,1-2H3,(H,24,25)/b17-12-,21-20?. The van der Waals surface area contributed by atoms with Gasteiger partial charge in [-0.05, 0) is 47.5 Å². The normalized spacial score (nSPS) is 17.3. The van der Waals surface area contributed by atoms with E-state index in [1.165, 1.54) is 28.3 Å². The number of amides is 1. The van der Waals surface area contributed by atoms with E-state index in [0.29, 0.717) is 15.8 Å². The van der Waals surface area contributed by atoms with Crippen molar-refractivity contribution < 1.29 is 14.7 Å². The molecular weight excluding hydrogens is 348 g/mol. The van der Waals surface area contributed by atoms with E-state index in [1.807, 2.05) is 30.3 Å². The molecule has 0 saturated carbocycles. The number of aliphatic imine (C=N–C) groups is 1. The van der Waals surface area contributed by atoms with E-state index < -0.39 is 5.97 Å². The number of carboxylic acids is 1. The van der Waals surface area contributed by atoms with Crippen molar-refractivity contribution in [3.8, 4) is 0 Å². The first-order valence-corrected chi connectivity index (χ1v) is 8.98. The molecule has 1 heterocycles. The summed E-state index contributed by atoms with van der Waals surface area (Å²) >= 11 is 1.24. The van der Waals surface area contributed by atoms with Crippen molar-refractivity contribution in [3.63, 3.8) is 0 Å². The average molecular weight is 366 g/mol. The van der Waals surface area contributed by atoms with E-state index in [-0.39, 0.29) is 11.5 Å². The van der Waals surface area contributed by atoms with Crippen LogP contribution in [0.5, 0.6) is 0 Å². The number of carbonyl (C=O) groups excluding carboxylic acids is 1. The highest BCUT2D eigenvalue weighted by Gasteiger charge is 2.30. The zero-order chi connectivity index (χ0) is 18.7. The van der Waals surface area contributed by atoms with Crippen LogP contribution in [-0.2, 0) is 11.2 Å². The monoisotopic (exact) mass is 366 g/mol. The molecule has 0 radical (unpaired) electrons. The summed E-state index contributed by atoms with van der Waals surface area (Å²) in [6, 6.07) is 14.5. The van der Waals surface area contributed by atoms with Gasteiger partial charge in [0.25, 0.3) is 5.91 Å². The highest BCUT2D eigenvalue weighted by molar-refractivity contribution is 8.18. The Morgan fingerprint density at radius 1 is 1.19 bits per heavy atom. The molecule has 5 nitrogen and oxygen atoms in total. The number of likely N-dealkylation sites (N-methyl/N-ethyl adjacent to an activating group) is 1. The molecule has 1 saturated heterocycles. The van der Waals surface area contributed by atoms with Gasteiger partial charge in [-0.2, -0.15) is 0 Å². The van der Waals surface area contributed by atoms with Crippen LogP contribution in [0.2, 0.25) is 0 Å². The predicted molar refractivity (Wildman–Crippen MR) is 105 cm³/mol. The highest BCUT2D eigenvalue weighted by atomic mass is 32.2. The van der Waals surface area contributed by atoms with E-state index in [1.54, 1.807) is 25.2 Å². The fraction of sp³-hybridized carbons (Fsp3) is 0.150. The fourth-order valence-corrected chi connectivity index (χ4v) is 3.49. The van der Waals surface area contributed by atoms with Crippen molar-refractivity contribution in [3.05, 3.63) is 70.1 Å². The van der Waals surface area contributed by atoms with Crippen molar-refractivity contribution in [2.45, 2.75) is 13.3 Å². The number of benzene rings is 2. The van der Waals surface area contributed by atoms with Crippen molar-refractivity contribution in [1.29, 1.82) is 0 Å². The van der Waals surface area contributed by atoms with Gasteiger partial charge in [0.05, 0.1) is 16.2 Å². The molecule has 132 valence electrons. The highest BCUT2D eigenvalue weighted by Crippen LogP contribution is 2.33. The third-order valence-electron chi connectivity index (χ3n) is 4.04. The summed E-state index contributed by atoms with van der Waals surface area (Å²) in [4.78, 5) is 30.2. The molecule has 0 bridgehead atoms. The SMILES string of the molecule is CCc1ccc(/C=C2\SC(=Nc3ccccc3C(=O)O)N(C)C2=O)cc1. The number of hydrogen-bond donors (Lipinski definition) is 1. The van der Waals surface area contributed by atoms with Crippen LogP contribution in [-0.4, -0.2) is 34.1 Å². The Morgan fingerprint density at radius 2 is 1.88 bits per heavy atom. The Morgan fingerprint density at radius 3 is 2.54 bits per heavy atom. The van der Waals surface area contributed by atoms with Crippen LogP contribution in [0.15, 0.2) is 58.4 Å². The first-order valence-electron chi connectivity index (χ1n) is 8.17. The van der Waals surface area contributed by atoms with Gasteiger partial charge >= 0.3 is 5.97 Å². The minimum atomic E-state index is -1.05. The second kappa shape index (κ2) is 7.58. The summed E-state index contributed by atoms with van der Waals surface area (Å²) in [5.41, 5.74) is 2.62. The molecule has 6 heteroatoms. The summed E-state index contributed by atoms with van der Waals surface area (Å²) in [6.07, 6.45) is 2.79. The number of thioether (sulfide) groups is 1. The molecule has 1 aliphatic rings. The summed E-state index contributed by atoms with van der Waals surface area (Å²) in [5, 5.41) is 9.74. The lowest BCUT2D eigenvalue weighted by atomic mass is 10.1. The molecule has 0 atom stereocenters. The third-order valence-corrected chi connectivity index (χ3v) is 5.10. The van der Waals surface area contributed by atoms with Gasteiger partial charge < -0.3 is 5.11 Å². The topological polar surface area (TPSA) is 70.0 Å². The maximum Gasteiger partial charge on any atom is 0.337 e. The Hall–Kier alpha value is -2.86. The van der Waals surface area contributed by atoms with Crippen molar-refractivity contribution in [1.82, 2.24) is 4.90 Å². The number of hydrogen-bond acceptors (Lipinski definition) is 4. The molecule has 1 aliphatic heterocycles. The zero-order valence-electron chi connectivity index (χ0n) is 14.5. The number of aromatic carboxylic acids is 1. The number of nitrogens with zero attached hydrogens (tertiary/aromatic N) is 2. The molecule has 3 rings (SSSR count). The fourth-order valence-electron chi connectivity index (χ4n) is 2.51.